The average molecular weight is 417 g/mol. The summed E-state index contributed by atoms with van der Waals surface area (Å²) in [5.41, 5.74) is 11.7. The zero-order chi connectivity index (χ0) is 22.4. The molecule has 0 heterocycles. The molecular formula is C29H40Si. The standard InChI is InChI=1S/C29H40Si/c1-11-25-15-26(12-2)17-28(16-25)30(10,27-13-19(3)22(6)20(4)14-27)29(9)18-21(5)23(7)24(29)8/h13-18H,11-12H2,1-10H3. The number of allylic oxidation sites excluding steroid dienone is 4. The second-order valence-electron chi connectivity index (χ2n) is 9.89. The Hall–Kier alpha value is -1.86. The maximum atomic E-state index is 2.62. The van der Waals surface area contributed by atoms with Gasteiger partial charge in [-0.05, 0) is 87.8 Å². The predicted molar refractivity (Wildman–Crippen MR) is 137 cm³/mol. The molecule has 0 nitrogen and oxygen atoms in total. The first-order valence-electron chi connectivity index (χ1n) is 11.6. The normalized spacial score (nSPS) is 21.1. The van der Waals surface area contributed by atoms with E-state index in [2.05, 4.69) is 105 Å². The number of hydrogen-bond donors (Lipinski definition) is 0. The summed E-state index contributed by atoms with van der Waals surface area (Å²) in [5.74, 6) is 0. The molecule has 1 aliphatic rings. The van der Waals surface area contributed by atoms with Crippen LogP contribution in [0.1, 0.15) is 69.4 Å². The van der Waals surface area contributed by atoms with E-state index in [1.165, 1.54) is 39.0 Å². The lowest BCUT2D eigenvalue weighted by molar-refractivity contribution is 0.864. The van der Waals surface area contributed by atoms with Gasteiger partial charge in [0, 0.05) is 5.04 Å². The summed E-state index contributed by atoms with van der Waals surface area (Å²) in [6.45, 7) is 23.5. The second kappa shape index (κ2) is 8.00. The second-order valence-corrected chi connectivity index (χ2v) is 14.3. The van der Waals surface area contributed by atoms with E-state index in [9.17, 15) is 0 Å². The fourth-order valence-electron chi connectivity index (χ4n) is 5.40. The summed E-state index contributed by atoms with van der Waals surface area (Å²) in [7, 11) is -2.15. The molecule has 0 saturated carbocycles. The minimum absolute atomic E-state index is 0.0761. The molecule has 0 aromatic heterocycles. The third kappa shape index (κ3) is 3.36. The van der Waals surface area contributed by atoms with Gasteiger partial charge >= 0.3 is 0 Å². The van der Waals surface area contributed by atoms with Gasteiger partial charge in [0.05, 0.1) is 0 Å². The third-order valence-electron chi connectivity index (χ3n) is 8.43. The predicted octanol–water partition coefficient (Wildman–Crippen LogP) is 6.99. The van der Waals surface area contributed by atoms with E-state index < -0.39 is 8.07 Å². The lowest BCUT2D eigenvalue weighted by Gasteiger charge is -2.45. The largest absolute Gasteiger partial charge is 0.128 e. The summed E-state index contributed by atoms with van der Waals surface area (Å²) < 4.78 is 0. The van der Waals surface area contributed by atoms with E-state index in [1.807, 2.05) is 0 Å². The third-order valence-corrected chi connectivity index (χ3v) is 13.9. The van der Waals surface area contributed by atoms with Crippen LogP contribution in [0.25, 0.3) is 0 Å². The quantitative estimate of drug-likeness (QED) is 0.461. The van der Waals surface area contributed by atoms with Gasteiger partial charge in [0.2, 0.25) is 0 Å². The number of hydrogen-bond acceptors (Lipinski definition) is 0. The average Bonchev–Trinajstić information content (AvgIpc) is 2.93. The maximum absolute atomic E-state index is 2.62. The molecule has 0 spiro atoms. The van der Waals surface area contributed by atoms with Gasteiger partial charge < -0.3 is 0 Å². The molecule has 3 rings (SSSR count). The summed E-state index contributed by atoms with van der Waals surface area (Å²) in [6, 6.07) is 12.5. The summed E-state index contributed by atoms with van der Waals surface area (Å²) in [6.07, 6.45) is 4.78. The van der Waals surface area contributed by atoms with Crippen LogP contribution in [0.3, 0.4) is 0 Å². The van der Waals surface area contributed by atoms with Crippen LogP contribution in [0.15, 0.2) is 53.1 Å². The van der Waals surface area contributed by atoms with Crippen molar-refractivity contribution in [3.63, 3.8) is 0 Å². The lowest BCUT2D eigenvalue weighted by Crippen LogP contribution is -2.63. The van der Waals surface area contributed by atoms with Gasteiger partial charge in [-0.1, -0.05) is 85.2 Å². The highest BCUT2D eigenvalue weighted by atomic mass is 28.3. The van der Waals surface area contributed by atoms with Crippen molar-refractivity contribution in [1.82, 2.24) is 0 Å². The van der Waals surface area contributed by atoms with Crippen molar-refractivity contribution in [3.05, 3.63) is 80.9 Å². The van der Waals surface area contributed by atoms with Crippen LogP contribution in [0, 0.1) is 20.8 Å². The molecule has 0 aliphatic heterocycles. The van der Waals surface area contributed by atoms with Crippen LogP contribution in [0.2, 0.25) is 11.6 Å². The number of rotatable bonds is 5. The van der Waals surface area contributed by atoms with Gasteiger partial charge in [0.25, 0.3) is 0 Å². The van der Waals surface area contributed by atoms with Gasteiger partial charge in [-0.15, -0.1) is 0 Å². The van der Waals surface area contributed by atoms with E-state index in [0.717, 1.165) is 12.8 Å². The highest BCUT2D eigenvalue weighted by Crippen LogP contribution is 2.53. The van der Waals surface area contributed by atoms with Gasteiger partial charge in [0.1, 0.15) is 8.07 Å². The minimum atomic E-state index is -2.15. The zero-order valence-corrected chi connectivity index (χ0v) is 21.9. The molecule has 0 radical (unpaired) electrons. The van der Waals surface area contributed by atoms with Gasteiger partial charge in [0.15, 0.2) is 0 Å². The Morgan fingerprint density at radius 2 is 1.20 bits per heavy atom. The molecule has 160 valence electrons. The van der Waals surface area contributed by atoms with Crippen LogP contribution < -0.4 is 10.4 Å². The van der Waals surface area contributed by atoms with Crippen molar-refractivity contribution in [2.24, 2.45) is 0 Å². The van der Waals surface area contributed by atoms with Crippen LogP contribution in [0.4, 0.5) is 0 Å². The Kier molecular flexibility index (Phi) is 6.08. The lowest BCUT2D eigenvalue weighted by atomic mass is 10.0. The Balaban J connectivity index is 2.43. The Morgan fingerprint density at radius 3 is 1.60 bits per heavy atom. The van der Waals surface area contributed by atoms with Crippen molar-refractivity contribution in [3.8, 4) is 0 Å². The smallest absolute Gasteiger partial charge is 0.0733 e. The highest BCUT2D eigenvalue weighted by molar-refractivity contribution is 7.04. The van der Waals surface area contributed by atoms with Crippen molar-refractivity contribution < 1.29 is 0 Å². The number of benzene rings is 2. The van der Waals surface area contributed by atoms with Crippen LogP contribution in [-0.2, 0) is 12.8 Å². The molecule has 1 heteroatoms. The van der Waals surface area contributed by atoms with Crippen molar-refractivity contribution in [2.75, 3.05) is 0 Å². The molecular weight excluding hydrogens is 376 g/mol. The molecule has 2 atom stereocenters. The summed E-state index contributed by atoms with van der Waals surface area (Å²) in [4.78, 5) is 0. The Bertz CT molecular complexity index is 1010. The molecule has 30 heavy (non-hydrogen) atoms. The molecule has 0 bridgehead atoms. The molecule has 0 fully saturated rings. The van der Waals surface area contributed by atoms with E-state index in [0.29, 0.717) is 0 Å². The van der Waals surface area contributed by atoms with Crippen LogP contribution in [0.5, 0.6) is 0 Å². The molecule has 0 N–H and O–H groups in total. The molecule has 1 aliphatic carbocycles. The first kappa shape index (κ1) is 22.8. The van der Waals surface area contributed by atoms with Gasteiger partial charge in [-0.2, -0.15) is 0 Å². The van der Waals surface area contributed by atoms with Crippen molar-refractivity contribution in [2.45, 2.75) is 86.7 Å². The maximum Gasteiger partial charge on any atom is 0.128 e. The van der Waals surface area contributed by atoms with Crippen molar-refractivity contribution >= 4 is 18.4 Å². The highest BCUT2D eigenvalue weighted by Gasteiger charge is 2.51. The first-order chi connectivity index (χ1) is 14.0. The molecule has 2 aromatic rings. The van der Waals surface area contributed by atoms with Crippen LogP contribution in [-0.4, -0.2) is 8.07 Å². The summed E-state index contributed by atoms with van der Waals surface area (Å²) in [5, 5.41) is 3.23. The molecule has 2 aromatic carbocycles. The Labute approximate surface area is 186 Å². The first-order valence-corrected chi connectivity index (χ1v) is 14.1. The summed E-state index contributed by atoms with van der Waals surface area (Å²) >= 11 is 0. The SMILES string of the molecule is CCc1cc(CC)cc([Si](C)(c2cc(C)c(C)c(C)c2)C2(C)C=C(C)C(C)=C2C)c1. The van der Waals surface area contributed by atoms with E-state index in [-0.39, 0.29) is 5.04 Å². The fourth-order valence-corrected chi connectivity index (χ4v) is 10.3. The van der Waals surface area contributed by atoms with Gasteiger partial charge in [-0.25, -0.2) is 0 Å². The van der Waals surface area contributed by atoms with E-state index in [1.54, 1.807) is 15.9 Å². The van der Waals surface area contributed by atoms with Gasteiger partial charge in [-0.3, -0.25) is 0 Å². The molecule has 2 unspecified atom stereocenters. The minimum Gasteiger partial charge on any atom is -0.0733 e. The molecule has 0 amide bonds. The monoisotopic (exact) mass is 416 g/mol. The van der Waals surface area contributed by atoms with Crippen molar-refractivity contribution in [1.29, 1.82) is 0 Å². The van der Waals surface area contributed by atoms with Crippen LogP contribution >= 0.6 is 0 Å². The fraction of sp³-hybridized carbons (Fsp3) is 0.448. The topological polar surface area (TPSA) is 0 Å². The van der Waals surface area contributed by atoms with E-state index >= 15 is 0 Å². The number of aryl methyl sites for hydroxylation is 4. The van der Waals surface area contributed by atoms with E-state index in [4.69, 9.17) is 0 Å². The molecule has 0 saturated heterocycles. The Morgan fingerprint density at radius 1 is 0.733 bits per heavy atom. The zero-order valence-electron chi connectivity index (χ0n) is 20.9.